The molecular weight excluding hydrogens is 368 g/mol. The Kier molecular flexibility index (Phi) is 5.44. The van der Waals surface area contributed by atoms with E-state index >= 15 is 0 Å². The van der Waals surface area contributed by atoms with Crippen LogP contribution in [0.1, 0.15) is 6.92 Å². The van der Waals surface area contributed by atoms with Crippen molar-refractivity contribution in [3.63, 3.8) is 0 Å². The van der Waals surface area contributed by atoms with E-state index < -0.39 is 0 Å². The highest BCUT2D eigenvalue weighted by atomic mass is 16.5. The Labute approximate surface area is 167 Å². The minimum atomic E-state index is -0.281. The maximum atomic E-state index is 11.9. The number of anilines is 1. The lowest BCUT2D eigenvalue weighted by Crippen LogP contribution is -2.18. The Morgan fingerprint density at radius 1 is 1.03 bits per heavy atom. The van der Waals surface area contributed by atoms with Crippen molar-refractivity contribution in [2.75, 3.05) is 18.5 Å². The first-order chi connectivity index (χ1) is 14.2. The van der Waals surface area contributed by atoms with Crippen LogP contribution >= 0.6 is 0 Å². The van der Waals surface area contributed by atoms with Crippen molar-refractivity contribution in [2.24, 2.45) is 0 Å². The molecule has 2 aromatic heterocycles. The molecule has 4 rings (SSSR count). The lowest BCUT2D eigenvalue weighted by atomic mass is 10.0. The third kappa shape index (κ3) is 4.22. The molecule has 29 heavy (non-hydrogen) atoms. The number of nitrogens with one attached hydrogen (secondary N) is 3. The second kappa shape index (κ2) is 8.49. The van der Waals surface area contributed by atoms with Gasteiger partial charge >= 0.3 is 0 Å². The smallest absolute Gasteiger partial charge is 0.251 e. The van der Waals surface area contributed by atoms with Crippen LogP contribution in [-0.4, -0.2) is 44.3 Å². The molecule has 0 aliphatic rings. The van der Waals surface area contributed by atoms with E-state index in [-0.39, 0.29) is 12.5 Å². The van der Waals surface area contributed by atoms with Crippen molar-refractivity contribution in [3.8, 4) is 34.0 Å². The number of nitrogens with zero attached hydrogens (tertiary/aromatic N) is 3. The number of aromatic nitrogens is 5. The first-order valence-corrected chi connectivity index (χ1v) is 9.24. The molecule has 2 aromatic carbocycles. The predicted octanol–water partition coefficient (Wildman–Crippen LogP) is 3.50. The van der Waals surface area contributed by atoms with Gasteiger partial charge in [0, 0.05) is 12.2 Å². The summed E-state index contributed by atoms with van der Waals surface area (Å²) < 4.78 is 5.11. The topological polar surface area (TPSA) is 109 Å². The van der Waals surface area contributed by atoms with Gasteiger partial charge in [0.25, 0.3) is 5.91 Å². The van der Waals surface area contributed by atoms with E-state index in [4.69, 9.17) is 4.74 Å². The average molecular weight is 388 g/mol. The summed E-state index contributed by atoms with van der Waals surface area (Å²) in [5.41, 5.74) is 3.71. The fourth-order valence-corrected chi connectivity index (χ4v) is 2.88. The lowest BCUT2D eigenvalue weighted by molar-refractivity contribution is -0.120. The van der Waals surface area contributed by atoms with E-state index in [1.54, 1.807) is 0 Å². The molecule has 0 aliphatic heterocycles. The maximum absolute atomic E-state index is 11.9. The van der Waals surface area contributed by atoms with Gasteiger partial charge in [-0.3, -0.25) is 9.89 Å². The molecule has 4 aromatic rings. The van der Waals surface area contributed by atoms with Gasteiger partial charge in [0.2, 0.25) is 0 Å². The molecule has 0 atom stereocenters. The summed E-state index contributed by atoms with van der Waals surface area (Å²) in [6, 6.07) is 18.2. The van der Waals surface area contributed by atoms with Crippen molar-refractivity contribution < 1.29 is 9.53 Å². The fourth-order valence-electron chi connectivity index (χ4n) is 2.88. The molecule has 0 spiro atoms. The normalized spacial score (nSPS) is 10.8. The molecule has 3 N–H and O–H groups in total. The van der Waals surface area contributed by atoms with E-state index in [9.17, 15) is 4.79 Å². The second-order valence-corrected chi connectivity index (χ2v) is 6.26. The minimum absolute atomic E-state index is 0.0295. The van der Waals surface area contributed by atoms with Gasteiger partial charge in [-0.15, -0.1) is 0 Å². The summed E-state index contributed by atoms with van der Waals surface area (Å²) in [7, 11) is 0. The number of carbonyl (C=O) groups is 1. The van der Waals surface area contributed by atoms with Crippen molar-refractivity contribution >= 4 is 11.7 Å². The summed E-state index contributed by atoms with van der Waals surface area (Å²) in [6.45, 7) is 2.27. The SMILES string of the molecule is CCOCC(=O)Nc1nc[nH]c1-c1nc(-c2ccc(-c3ccccc3)cc2)n[nH]1. The Morgan fingerprint density at radius 2 is 1.76 bits per heavy atom. The molecule has 146 valence electrons. The average Bonchev–Trinajstić information content (AvgIpc) is 3.42. The van der Waals surface area contributed by atoms with E-state index in [1.165, 1.54) is 6.33 Å². The van der Waals surface area contributed by atoms with E-state index in [0.717, 1.165) is 16.7 Å². The number of hydrogen-bond acceptors (Lipinski definition) is 5. The van der Waals surface area contributed by atoms with Crippen LogP contribution < -0.4 is 5.32 Å². The molecule has 8 heteroatoms. The quantitative estimate of drug-likeness (QED) is 0.449. The van der Waals surface area contributed by atoms with Crippen molar-refractivity contribution in [1.29, 1.82) is 0 Å². The Morgan fingerprint density at radius 3 is 2.52 bits per heavy atom. The highest BCUT2D eigenvalue weighted by Crippen LogP contribution is 2.26. The van der Waals surface area contributed by atoms with Crippen LogP contribution in [-0.2, 0) is 9.53 Å². The zero-order valence-corrected chi connectivity index (χ0v) is 15.8. The fraction of sp³-hybridized carbons (Fsp3) is 0.143. The summed E-state index contributed by atoms with van der Waals surface area (Å²) >= 11 is 0. The van der Waals surface area contributed by atoms with Crippen LogP contribution in [0.2, 0.25) is 0 Å². The van der Waals surface area contributed by atoms with E-state index in [1.807, 2.05) is 49.4 Å². The van der Waals surface area contributed by atoms with Gasteiger partial charge in [-0.05, 0) is 18.1 Å². The third-order valence-corrected chi connectivity index (χ3v) is 4.31. The zero-order valence-electron chi connectivity index (χ0n) is 15.8. The number of H-pyrrole nitrogens is 2. The third-order valence-electron chi connectivity index (χ3n) is 4.31. The van der Waals surface area contributed by atoms with Gasteiger partial charge in [0.1, 0.15) is 12.3 Å². The second-order valence-electron chi connectivity index (χ2n) is 6.26. The number of hydrogen-bond donors (Lipinski definition) is 3. The van der Waals surface area contributed by atoms with Crippen LogP contribution in [0.3, 0.4) is 0 Å². The molecule has 0 unspecified atom stereocenters. The zero-order chi connectivity index (χ0) is 20.1. The molecule has 0 saturated carbocycles. The number of carbonyl (C=O) groups excluding carboxylic acids is 1. The standard InChI is InChI=1S/C21H20N6O2/c1-2-29-12-17(28)24-20-18(22-13-23-20)21-25-19(26-27-21)16-10-8-15(9-11-16)14-6-4-3-5-7-14/h3-11,13H,2,12H2,1H3,(H,22,23)(H,24,28)(H,25,26,27). The van der Waals surface area contributed by atoms with Crippen LogP contribution in [0.25, 0.3) is 34.0 Å². The highest BCUT2D eigenvalue weighted by molar-refractivity contribution is 5.93. The van der Waals surface area contributed by atoms with Crippen LogP contribution in [0.4, 0.5) is 5.82 Å². The molecule has 0 aliphatic carbocycles. The molecule has 0 radical (unpaired) electrons. The van der Waals surface area contributed by atoms with E-state index in [2.05, 4.69) is 42.6 Å². The van der Waals surface area contributed by atoms with Crippen LogP contribution in [0.15, 0.2) is 60.9 Å². The van der Waals surface area contributed by atoms with Gasteiger partial charge in [0.05, 0.1) is 6.33 Å². The molecule has 1 amide bonds. The summed E-state index contributed by atoms with van der Waals surface area (Å²) in [5, 5.41) is 9.89. The van der Waals surface area contributed by atoms with Crippen LogP contribution in [0, 0.1) is 0 Å². The number of rotatable bonds is 7. The summed E-state index contributed by atoms with van der Waals surface area (Å²) in [6.07, 6.45) is 1.49. The van der Waals surface area contributed by atoms with Crippen molar-refractivity contribution in [2.45, 2.75) is 6.92 Å². The molecule has 0 bridgehead atoms. The van der Waals surface area contributed by atoms with Gasteiger partial charge < -0.3 is 15.0 Å². The Bertz CT molecular complexity index is 1090. The molecule has 8 nitrogen and oxygen atoms in total. The number of amides is 1. The first-order valence-electron chi connectivity index (χ1n) is 9.24. The number of aromatic amines is 2. The lowest BCUT2D eigenvalue weighted by Gasteiger charge is -2.03. The largest absolute Gasteiger partial charge is 0.372 e. The highest BCUT2D eigenvalue weighted by Gasteiger charge is 2.16. The summed E-state index contributed by atoms with van der Waals surface area (Å²) in [4.78, 5) is 23.5. The van der Waals surface area contributed by atoms with Gasteiger partial charge in [0.15, 0.2) is 17.5 Å². The van der Waals surface area contributed by atoms with Crippen molar-refractivity contribution in [1.82, 2.24) is 25.1 Å². The number of benzene rings is 2. The Hall–Kier alpha value is -3.78. The number of ether oxygens (including phenoxy) is 1. The summed E-state index contributed by atoms with van der Waals surface area (Å²) in [5.74, 6) is 1.13. The van der Waals surface area contributed by atoms with Crippen molar-refractivity contribution in [3.05, 3.63) is 60.9 Å². The number of imidazole rings is 1. The predicted molar refractivity (Wildman–Crippen MR) is 110 cm³/mol. The molecule has 0 saturated heterocycles. The van der Waals surface area contributed by atoms with Crippen LogP contribution in [0.5, 0.6) is 0 Å². The maximum Gasteiger partial charge on any atom is 0.251 e. The molecule has 0 fully saturated rings. The molecular formula is C21H20N6O2. The minimum Gasteiger partial charge on any atom is -0.372 e. The first kappa shape index (κ1) is 18.6. The van der Waals surface area contributed by atoms with Gasteiger partial charge in [-0.1, -0.05) is 54.6 Å². The monoisotopic (exact) mass is 388 g/mol. The van der Waals surface area contributed by atoms with Gasteiger partial charge in [-0.2, -0.15) is 5.10 Å². The van der Waals surface area contributed by atoms with Gasteiger partial charge in [-0.25, -0.2) is 9.97 Å². The van der Waals surface area contributed by atoms with E-state index in [0.29, 0.717) is 29.8 Å². The molecule has 2 heterocycles. The Balaban J connectivity index is 1.52.